The second-order valence-corrected chi connectivity index (χ2v) is 9.14. The lowest BCUT2D eigenvalue weighted by atomic mass is 9.75. The van der Waals surface area contributed by atoms with E-state index in [0.29, 0.717) is 30.4 Å². The number of halogens is 1. The van der Waals surface area contributed by atoms with E-state index in [1.54, 1.807) is 29.4 Å². The van der Waals surface area contributed by atoms with Gasteiger partial charge < -0.3 is 15.3 Å². The van der Waals surface area contributed by atoms with Crippen molar-refractivity contribution in [2.45, 2.75) is 38.0 Å². The van der Waals surface area contributed by atoms with Gasteiger partial charge in [0, 0.05) is 41.8 Å². The van der Waals surface area contributed by atoms with Gasteiger partial charge in [0.25, 0.3) is 0 Å². The number of urea groups is 1. The van der Waals surface area contributed by atoms with Crippen molar-refractivity contribution in [2.75, 3.05) is 13.1 Å². The number of hydrogen-bond acceptors (Lipinski definition) is 5. The summed E-state index contributed by atoms with van der Waals surface area (Å²) in [7, 11) is 0. The van der Waals surface area contributed by atoms with Gasteiger partial charge >= 0.3 is 6.03 Å². The number of piperidine rings is 1. The van der Waals surface area contributed by atoms with Gasteiger partial charge in [-0.05, 0) is 49.4 Å². The highest BCUT2D eigenvalue weighted by molar-refractivity contribution is 6.31. The molecule has 2 atom stereocenters. The summed E-state index contributed by atoms with van der Waals surface area (Å²) in [5.41, 5.74) is 2.38. The van der Waals surface area contributed by atoms with Crippen LogP contribution in [0.15, 0.2) is 36.7 Å². The van der Waals surface area contributed by atoms with Crippen molar-refractivity contribution in [1.29, 1.82) is 5.26 Å². The van der Waals surface area contributed by atoms with Crippen LogP contribution in [-0.4, -0.2) is 43.9 Å². The molecular formula is C23H23ClN6O2. The largest absolute Gasteiger partial charge is 0.386 e. The van der Waals surface area contributed by atoms with Crippen LogP contribution in [0.2, 0.25) is 5.02 Å². The van der Waals surface area contributed by atoms with Crippen LogP contribution in [0.4, 0.5) is 4.79 Å². The van der Waals surface area contributed by atoms with E-state index >= 15 is 0 Å². The number of carbonyl (C=O) groups is 1. The first-order valence-corrected chi connectivity index (χ1v) is 11.0. The molecule has 32 heavy (non-hydrogen) atoms. The number of hydrogen-bond donors (Lipinski definition) is 2. The third kappa shape index (κ3) is 3.20. The highest BCUT2D eigenvalue weighted by Gasteiger charge is 2.50. The van der Waals surface area contributed by atoms with E-state index in [9.17, 15) is 9.90 Å². The number of nitrogens with one attached hydrogen (secondary N) is 1. The van der Waals surface area contributed by atoms with Gasteiger partial charge in [-0.15, -0.1) is 0 Å². The number of likely N-dealkylation sites (tertiary alicyclic amines) is 1. The Bertz CT molecular complexity index is 1230. The zero-order valence-electron chi connectivity index (χ0n) is 17.6. The molecule has 8 nitrogen and oxygen atoms in total. The fourth-order valence-corrected chi connectivity index (χ4v) is 5.35. The maximum atomic E-state index is 12.7. The molecule has 0 saturated carbocycles. The number of pyridine rings is 1. The summed E-state index contributed by atoms with van der Waals surface area (Å²) in [6, 6.07) is 8.99. The lowest BCUT2D eigenvalue weighted by molar-refractivity contribution is -0.0116. The van der Waals surface area contributed by atoms with Crippen molar-refractivity contribution in [1.82, 2.24) is 25.0 Å². The van der Waals surface area contributed by atoms with Crippen LogP contribution in [0.5, 0.6) is 0 Å². The third-order valence-corrected chi connectivity index (χ3v) is 7.17. The summed E-state index contributed by atoms with van der Waals surface area (Å²) < 4.78 is 1.96. The second kappa shape index (κ2) is 7.76. The van der Waals surface area contributed by atoms with Crippen LogP contribution in [0.1, 0.15) is 42.7 Å². The molecular weight excluding hydrogens is 428 g/mol. The van der Waals surface area contributed by atoms with Crippen LogP contribution in [0.25, 0.3) is 10.9 Å². The summed E-state index contributed by atoms with van der Waals surface area (Å²) in [4.78, 5) is 18.5. The summed E-state index contributed by atoms with van der Waals surface area (Å²) >= 11 is 6.25. The molecule has 164 valence electrons. The highest BCUT2D eigenvalue weighted by atomic mass is 35.5. The highest BCUT2D eigenvalue weighted by Crippen LogP contribution is 2.51. The molecule has 2 aliphatic heterocycles. The van der Waals surface area contributed by atoms with Crippen molar-refractivity contribution in [3.8, 4) is 6.07 Å². The van der Waals surface area contributed by atoms with Crippen LogP contribution in [-0.2, 0) is 12.1 Å². The molecule has 0 radical (unpaired) electrons. The minimum atomic E-state index is -0.693. The first-order chi connectivity index (χ1) is 15.4. The molecule has 4 heterocycles. The van der Waals surface area contributed by atoms with Gasteiger partial charge in [0.2, 0.25) is 0 Å². The average Bonchev–Trinajstić information content (AvgIpc) is 3.34. The van der Waals surface area contributed by atoms with Crippen molar-refractivity contribution in [3.05, 3.63) is 58.5 Å². The smallest absolute Gasteiger partial charge is 0.317 e. The number of carbonyl (C=O) groups excluding carboxylic acids is 1. The molecule has 3 aromatic rings. The van der Waals surface area contributed by atoms with E-state index in [2.05, 4.69) is 22.3 Å². The van der Waals surface area contributed by atoms with Crippen LogP contribution < -0.4 is 5.32 Å². The number of rotatable bonds is 3. The van der Waals surface area contributed by atoms with Gasteiger partial charge in [-0.25, -0.2) is 9.78 Å². The Morgan fingerprint density at radius 1 is 1.34 bits per heavy atom. The lowest BCUT2D eigenvalue weighted by Crippen LogP contribution is -2.50. The molecule has 1 saturated heterocycles. The number of nitriles is 1. The molecule has 1 unspecified atom stereocenters. The summed E-state index contributed by atoms with van der Waals surface area (Å²) in [5, 5.41) is 29.1. The Morgan fingerprint density at radius 2 is 2.12 bits per heavy atom. The Morgan fingerprint density at radius 3 is 2.81 bits per heavy atom. The van der Waals surface area contributed by atoms with Gasteiger partial charge in [0.15, 0.2) is 0 Å². The molecule has 9 heteroatoms. The van der Waals surface area contributed by atoms with Crippen LogP contribution in [0.3, 0.4) is 0 Å². The summed E-state index contributed by atoms with van der Waals surface area (Å²) in [6.07, 6.45) is 4.24. The lowest BCUT2D eigenvalue weighted by Gasteiger charge is -2.42. The van der Waals surface area contributed by atoms with Crippen molar-refractivity contribution >= 4 is 28.5 Å². The number of aromatic nitrogens is 3. The van der Waals surface area contributed by atoms with E-state index in [1.165, 1.54) is 0 Å². The predicted octanol–water partition coefficient (Wildman–Crippen LogP) is 3.34. The topological polar surface area (TPSA) is 107 Å². The van der Waals surface area contributed by atoms with Gasteiger partial charge in [-0.1, -0.05) is 17.7 Å². The average molecular weight is 451 g/mol. The van der Waals surface area contributed by atoms with Crippen molar-refractivity contribution in [2.24, 2.45) is 5.92 Å². The molecule has 2 aliphatic rings. The number of aliphatic hydroxyl groups excluding tert-OH is 1. The molecule has 2 amide bonds. The number of benzene rings is 1. The molecule has 0 spiro atoms. The minimum absolute atomic E-state index is 0.124. The molecule has 2 N–H and O–H groups in total. The van der Waals surface area contributed by atoms with Gasteiger partial charge in [-0.2, -0.15) is 10.4 Å². The first kappa shape index (κ1) is 20.7. The molecule has 2 aromatic heterocycles. The molecule has 5 rings (SSSR count). The van der Waals surface area contributed by atoms with E-state index in [0.717, 1.165) is 34.9 Å². The third-order valence-electron chi connectivity index (χ3n) is 6.95. The number of nitrogens with zero attached hydrogens (tertiary/aromatic N) is 5. The van der Waals surface area contributed by atoms with Crippen molar-refractivity contribution in [3.63, 3.8) is 0 Å². The van der Waals surface area contributed by atoms with Gasteiger partial charge in [-0.3, -0.25) is 4.68 Å². The quantitative estimate of drug-likeness (QED) is 0.636. The Hall–Kier alpha value is -3.15. The van der Waals surface area contributed by atoms with E-state index < -0.39 is 11.6 Å². The summed E-state index contributed by atoms with van der Waals surface area (Å²) in [5.74, 6) is 0.165. The molecule has 1 aromatic carbocycles. The van der Waals surface area contributed by atoms with Crippen molar-refractivity contribution < 1.29 is 9.90 Å². The summed E-state index contributed by atoms with van der Waals surface area (Å²) in [6.45, 7) is 3.61. The molecule has 0 aliphatic carbocycles. The zero-order chi connectivity index (χ0) is 22.5. The van der Waals surface area contributed by atoms with Gasteiger partial charge in [0.1, 0.15) is 17.9 Å². The van der Waals surface area contributed by atoms with E-state index in [-0.39, 0.29) is 11.9 Å². The predicted molar refractivity (Wildman–Crippen MR) is 119 cm³/mol. The number of amides is 2. The standard InChI is InChI=1S/C23H23ClN6O2/c1-23(21(31)19-9-17(24)8-15-13-28-30(23)20(15)19)16-4-6-29(7-5-16)22(32)27-12-14-2-3-18(10-25)26-11-14/h2-3,8-9,11,13,16,21,31H,4-7,12H2,1H3,(H,27,32)/t21-,23?/m1/s1. The molecule has 0 bridgehead atoms. The zero-order valence-corrected chi connectivity index (χ0v) is 18.4. The molecule has 1 fully saturated rings. The van der Waals surface area contributed by atoms with Crippen LogP contribution >= 0.6 is 11.6 Å². The number of aliphatic hydroxyl groups is 1. The Labute approximate surface area is 190 Å². The van der Waals surface area contributed by atoms with E-state index in [1.807, 2.05) is 22.9 Å². The normalized spacial score (nSPS) is 22.8. The van der Waals surface area contributed by atoms with Crippen LogP contribution in [0, 0.1) is 17.2 Å². The maximum Gasteiger partial charge on any atom is 0.317 e. The Balaban J connectivity index is 1.24. The first-order valence-electron chi connectivity index (χ1n) is 10.7. The monoisotopic (exact) mass is 450 g/mol. The van der Waals surface area contributed by atoms with Gasteiger partial charge in [0.05, 0.1) is 17.3 Å². The van der Waals surface area contributed by atoms with E-state index in [4.69, 9.17) is 16.9 Å². The fourth-order valence-electron chi connectivity index (χ4n) is 5.12. The Kier molecular flexibility index (Phi) is 5.03. The minimum Gasteiger partial charge on any atom is -0.386 e. The maximum absolute atomic E-state index is 12.7. The second-order valence-electron chi connectivity index (χ2n) is 8.70. The fraction of sp³-hybridized carbons (Fsp3) is 0.391. The SMILES string of the molecule is CC1(C2CCN(C(=O)NCc3ccc(C#N)nc3)CC2)[C@H](O)c2cc(Cl)cc3cnn1c23.